The Labute approximate surface area is 155 Å². The first-order valence-corrected chi connectivity index (χ1v) is 8.53. The summed E-state index contributed by atoms with van der Waals surface area (Å²) >= 11 is 0. The SMILES string of the molecule is Cc1cccc(C(=O)CC(c2ccccc2-c2ccccn2)C(F)(F)F)c1. The molecule has 138 valence electrons. The van der Waals surface area contributed by atoms with Crippen LogP contribution in [0.15, 0.2) is 72.9 Å². The van der Waals surface area contributed by atoms with Crippen molar-refractivity contribution in [1.82, 2.24) is 4.98 Å². The van der Waals surface area contributed by atoms with Crippen molar-refractivity contribution in [3.8, 4) is 11.3 Å². The molecule has 1 aromatic heterocycles. The fourth-order valence-corrected chi connectivity index (χ4v) is 3.08. The summed E-state index contributed by atoms with van der Waals surface area (Å²) in [7, 11) is 0. The van der Waals surface area contributed by atoms with E-state index in [0.29, 0.717) is 16.8 Å². The summed E-state index contributed by atoms with van der Waals surface area (Å²) in [6.07, 6.45) is -3.66. The van der Waals surface area contributed by atoms with Crippen LogP contribution in [0.4, 0.5) is 13.2 Å². The third-order valence-electron chi connectivity index (χ3n) is 4.40. The highest BCUT2D eigenvalue weighted by Gasteiger charge is 2.43. The van der Waals surface area contributed by atoms with Gasteiger partial charge in [-0.05, 0) is 30.7 Å². The van der Waals surface area contributed by atoms with Gasteiger partial charge in [0.25, 0.3) is 0 Å². The number of halogens is 3. The molecule has 5 heteroatoms. The third kappa shape index (κ3) is 4.42. The molecule has 27 heavy (non-hydrogen) atoms. The van der Waals surface area contributed by atoms with Crippen molar-refractivity contribution in [2.45, 2.75) is 25.4 Å². The van der Waals surface area contributed by atoms with E-state index in [1.54, 1.807) is 67.6 Å². The van der Waals surface area contributed by atoms with Crippen LogP contribution in [0, 0.1) is 6.92 Å². The summed E-state index contributed by atoms with van der Waals surface area (Å²) in [4.78, 5) is 16.7. The van der Waals surface area contributed by atoms with E-state index in [0.717, 1.165) is 5.56 Å². The fourth-order valence-electron chi connectivity index (χ4n) is 3.08. The number of rotatable bonds is 5. The van der Waals surface area contributed by atoms with Crippen molar-refractivity contribution in [2.24, 2.45) is 0 Å². The van der Waals surface area contributed by atoms with E-state index in [2.05, 4.69) is 4.98 Å². The normalized spacial score (nSPS) is 12.6. The van der Waals surface area contributed by atoms with Crippen LogP contribution in [-0.2, 0) is 0 Å². The zero-order valence-corrected chi connectivity index (χ0v) is 14.7. The molecule has 3 aromatic rings. The van der Waals surface area contributed by atoms with Gasteiger partial charge in [0.1, 0.15) is 0 Å². The highest BCUT2D eigenvalue weighted by molar-refractivity contribution is 5.97. The maximum atomic E-state index is 13.9. The van der Waals surface area contributed by atoms with Crippen LogP contribution in [0.5, 0.6) is 0 Å². The first kappa shape index (κ1) is 18.8. The lowest BCUT2D eigenvalue weighted by Crippen LogP contribution is -2.24. The Bertz CT molecular complexity index is 936. The van der Waals surface area contributed by atoms with Gasteiger partial charge >= 0.3 is 6.18 Å². The van der Waals surface area contributed by atoms with Gasteiger partial charge in [0.2, 0.25) is 0 Å². The second-order valence-corrected chi connectivity index (χ2v) is 6.39. The van der Waals surface area contributed by atoms with Crippen LogP contribution < -0.4 is 0 Å². The summed E-state index contributed by atoms with van der Waals surface area (Å²) in [5, 5.41) is 0. The lowest BCUT2D eigenvalue weighted by atomic mass is 9.87. The molecule has 0 saturated carbocycles. The van der Waals surface area contributed by atoms with Gasteiger partial charge in [-0.25, -0.2) is 0 Å². The van der Waals surface area contributed by atoms with E-state index in [1.165, 1.54) is 12.3 Å². The molecule has 1 heterocycles. The summed E-state index contributed by atoms with van der Waals surface area (Å²) < 4.78 is 41.7. The quantitative estimate of drug-likeness (QED) is 0.518. The average Bonchev–Trinajstić information content (AvgIpc) is 2.66. The summed E-state index contributed by atoms with van der Waals surface area (Å²) in [6, 6.07) is 18.0. The van der Waals surface area contributed by atoms with Gasteiger partial charge in [-0.15, -0.1) is 0 Å². The second kappa shape index (κ2) is 7.74. The maximum Gasteiger partial charge on any atom is 0.396 e. The monoisotopic (exact) mass is 369 g/mol. The molecule has 2 aromatic carbocycles. The number of ketones is 1. The van der Waals surface area contributed by atoms with Crippen LogP contribution in [0.1, 0.15) is 33.8 Å². The molecule has 0 aliphatic carbocycles. The van der Waals surface area contributed by atoms with Crippen molar-refractivity contribution >= 4 is 5.78 Å². The van der Waals surface area contributed by atoms with Gasteiger partial charge in [-0.2, -0.15) is 13.2 Å². The smallest absolute Gasteiger partial charge is 0.294 e. The van der Waals surface area contributed by atoms with E-state index in [4.69, 9.17) is 0 Å². The first-order valence-electron chi connectivity index (χ1n) is 8.53. The molecule has 1 unspecified atom stereocenters. The van der Waals surface area contributed by atoms with Gasteiger partial charge in [0, 0.05) is 23.7 Å². The van der Waals surface area contributed by atoms with E-state index >= 15 is 0 Å². The lowest BCUT2D eigenvalue weighted by Gasteiger charge is -2.22. The predicted molar refractivity (Wildman–Crippen MR) is 98.6 cm³/mol. The summed E-state index contributed by atoms with van der Waals surface area (Å²) in [5.74, 6) is -2.43. The predicted octanol–water partition coefficient (Wildman–Crippen LogP) is 5.98. The molecule has 0 amide bonds. The number of benzene rings is 2. The first-order chi connectivity index (χ1) is 12.9. The molecule has 2 nitrogen and oxygen atoms in total. The molecule has 0 radical (unpaired) electrons. The molecular formula is C22H18F3NO. The number of nitrogens with zero attached hydrogens (tertiary/aromatic N) is 1. The van der Waals surface area contributed by atoms with Crippen molar-refractivity contribution in [3.05, 3.63) is 89.6 Å². The molecule has 1 atom stereocenters. The van der Waals surface area contributed by atoms with Crippen molar-refractivity contribution < 1.29 is 18.0 Å². The standard InChI is InChI=1S/C22H18F3NO/c1-15-7-6-8-16(13-15)21(27)14-19(22(23,24)25)17-9-2-3-10-18(17)20-11-4-5-12-26-20/h2-13,19H,14H2,1H3. The van der Waals surface area contributed by atoms with Crippen LogP contribution in [0.2, 0.25) is 0 Å². The zero-order valence-electron chi connectivity index (χ0n) is 14.7. The number of hydrogen-bond acceptors (Lipinski definition) is 2. The van der Waals surface area contributed by atoms with Crippen molar-refractivity contribution in [3.63, 3.8) is 0 Å². The molecule has 0 aliphatic rings. The van der Waals surface area contributed by atoms with Crippen LogP contribution in [0.3, 0.4) is 0 Å². The van der Waals surface area contributed by atoms with Crippen LogP contribution in [-0.4, -0.2) is 16.9 Å². The minimum atomic E-state index is -4.55. The van der Waals surface area contributed by atoms with Crippen LogP contribution in [0.25, 0.3) is 11.3 Å². The Morgan fingerprint density at radius 1 is 1.00 bits per heavy atom. The van der Waals surface area contributed by atoms with Gasteiger partial charge < -0.3 is 0 Å². The van der Waals surface area contributed by atoms with Gasteiger partial charge in [-0.3, -0.25) is 9.78 Å². The largest absolute Gasteiger partial charge is 0.396 e. The third-order valence-corrected chi connectivity index (χ3v) is 4.40. The molecule has 3 rings (SSSR count). The number of aryl methyl sites for hydroxylation is 1. The highest BCUT2D eigenvalue weighted by Crippen LogP contribution is 2.41. The van der Waals surface area contributed by atoms with Gasteiger partial charge in [-0.1, -0.05) is 54.1 Å². The number of aromatic nitrogens is 1. The molecular weight excluding hydrogens is 351 g/mol. The van der Waals surface area contributed by atoms with Gasteiger partial charge in [0.15, 0.2) is 5.78 Å². The van der Waals surface area contributed by atoms with E-state index in [9.17, 15) is 18.0 Å². The second-order valence-electron chi connectivity index (χ2n) is 6.39. The maximum absolute atomic E-state index is 13.9. The number of pyridine rings is 1. The summed E-state index contributed by atoms with van der Waals surface area (Å²) in [6.45, 7) is 1.80. The Hall–Kier alpha value is -2.95. The minimum absolute atomic E-state index is 0.0599. The van der Waals surface area contributed by atoms with E-state index in [-0.39, 0.29) is 5.56 Å². The highest BCUT2D eigenvalue weighted by atomic mass is 19.4. The summed E-state index contributed by atoms with van der Waals surface area (Å²) in [5.41, 5.74) is 2.02. The van der Waals surface area contributed by atoms with Crippen LogP contribution >= 0.6 is 0 Å². The van der Waals surface area contributed by atoms with E-state index < -0.39 is 24.3 Å². The fraction of sp³-hybridized carbons (Fsp3) is 0.182. The van der Waals surface area contributed by atoms with Gasteiger partial charge in [0.05, 0.1) is 11.6 Å². The Balaban J connectivity index is 2.01. The average molecular weight is 369 g/mol. The van der Waals surface area contributed by atoms with Crippen molar-refractivity contribution in [1.29, 1.82) is 0 Å². The number of Topliss-reactive ketones (excluding diaryl/α,β-unsaturated/α-hetero) is 1. The van der Waals surface area contributed by atoms with E-state index in [1.807, 2.05) is 0 Å². The molecule has 0 spiro atoms. The molecule has 0 bridgehead atoms. The molecule has 0 fully saturated rings. The number of carbonyl (C=O) groups is 1. The Morgan fingerprint density at radius 3 is 2.41 bits per heavy atom. The molecule has 0 aliphatic heterocycles. The Morgan fingerprint density at radius 2 is 1.74 bits per heavy atom. The lowest BCUT2D eigenvalue weighted by molar-refractivity contribution is -0.149. The number of carbonyl (C=O) groups excluding carboxylic acids is 1. The molecule has 0 saturated heterocycles. The number of hydrogen-bond donors (Lipinski definition) is 0. The van der Waals surface area contributed by atoms with Crippen molar-refractivity contribution in [2.75, 3.05) is 0 Å². The Kier molecular flexibility index (Phi) is 5.40. The zero-order chi connectivity index (χ0) is 19.4. The number of alkyl halides is 3. The minimum Gasteiger partial charge on any atom is -0.294 e. The molecule has 0 N–H and O–H groups in total. The topological polar surface area (TPSA) is 30.0 Å².